The molecule has 0 rings (SSSR count). The molecule has 72 valence electrons. The van der Waals surface area contributed by atoms with Gasteiger partial charge in [-0.2, -0.15) is 0 Å². The molecule has 0 amide bonds. The highest BCUT2D eigenvalue weighted by Crippen LogP contribution is 2.17. The highest BCUT2D eigenvalue weighted by atomic mass is 16.4. The molecule has 0 heterocycles. The molecule has 0 saturated heterocycles. The van der Waals surface area contributed by atoms with E-state index in [1.54, 1.807) is 6.92 Å². The van der Waals surface area contributed by atoms with E-state index < -0.39 is 18.0 Å². The Bertz CT molecular complexity index is 145. The number of carboxylic acids is 1. The van der Waals surface area contributed by atoms with Gasteiger partial charge in [-0.3, -0.25) is 4.79 Å². The minimum Gasteiger partial charge on any atom is -0.481 e. The summed E-state index contributed by atoms with van der Waals surface area (Å²) in [5.41, 5.74) is 0. The van der Waals surface area contributed by atoms with Gasteiger partial charge in [-0.05, 0) is 19.3 Å². The maximum Gasteiger partial charge on any atom is 0.308 e. The Morgan fingerprint density at radius 3 is 2.25 bits per heavy atom. The Kier molecular flexibility index (Phi) is 4.90. The van der Waals surface area contributed by atoms with E-state index in [1.807, 2.05) is 13.8 Å². The van der Waals surface area contributed by atoms with Gasteiger partial charge in [0.2, 0.25) is 0 Å². The van der Waals surface area contributed by atoms with Crippen molar-refractivity contribution < 1.29 is 15.0 Å². The maximum atomic E-state index is 10.5. The molecule has 0 saturated carbocycles. The summed E-state index contributed by atoms with van der Waals surface area (Å²) in [7, 11) is 0. The number of aliphatic carboxylic acids is 1. The molecule has 0 aliphatic rings. The molecule has 0 aromatic heterocycles. The second kappa shape index (κ2) is 5.14. The first-order chi connectivity index (χ1) is 5.50. The average molecular weight is 174 g/mol. The van der Waals surface area contributed by atoms with E-state index in [9.17, 15) is 9.90 Å². The third-order valence-electron chi connectivity index (χ3n) is 2.23. The van der Waals surface area contributed by atoms with Crippen molar-refractivity contribution in [3.8, 4) is 0 Å². The van der Waals surface area contributed by atoms with Crippen molar-refractivity contribution in [2.24, 2.45) is 11.8 Å². The van der Waals surface area contributed by atoms with Gasteiger partial charge in [0.05, 0.1) is 12.0 Å². The monoisotopic (exact) mass is 174 g/mol. The van der Waals surface area contributed by atoms with Gasteiger partial charge in [0, 0.05) is 0 Å². The van der Waals surface area contributed by atoms with Gasteiger partial charge in [-0.1, -0.05) is 20.3 Å². The highest BCUT2D eigenvalue weighted by molar-refractivity contribution is 5.70. The minimum atomic E-state index is -0.926. The predicted molar refractivity (Wildman–Crippen MR) is 46.9 cm³/mol. The van der Waals surface area contributed by atoms with Crippen LogP contribution in [0.4, 0.5) is 0 Å². The highest BCUT2D eigenvalue weighted by Gasteiger charge is 2.25. The van der Waals surface area contributed by atoms with Gasteiger partial charge in [0.15, 0.2) is 0 Å². The van der Waals surface area contributed by atoms with Crippen LogP contribution in [0.15, 0.2) is 0 Å². The maximum absolute atomic E-state index is 10.5. The topological polar surface area (TPSA) is 57.5 Å². The summed E-state index contributed by atoms with van der Waals surface area (Å²) in [5, 5.41) is 18.1. The normalized spacial score (nSPS) is 18.3. The summed E-state index contributed by atoms with van der Waals surface area (Å²) in [6, 6.07) is 0. The number of aliphatic hydroxyl groups is 1. The first-order valence-electron chi connectivity index (χ1n) is 4.41. The molecule has 3 nitrogen and oxygen atoms in total. The first kappa shape index (κ1) is 11.4. The van der Waals surface area contributed by atoms with Gasteiger partial charge in [-0.25, -0.2) is 0 Å². The quantitative estimate of drug-likeness (QED) is 0.664. The van der Waals surface area contributed by atoms with E-state index >= 15 is 0 Å². The number of aliphatic hydroxyl groups excluding tert-OH is 1. The van der Waals surface area contributed by atoms with Crippen LogP contribution in [0.5, 0.6) is 0 Å². The van der Waals surface area contributed by atoms with Crippen molar-refractivity contribution in [1.82, 2.24) is 0 Å². The Hall–Kier alpha value is -0.570. The van der Waals surface area contributed by atoms with Crippen LogP contribution in [0.25, 0.3) is 0 Å². The molecule has 0 radical (unpaired) electrons. The predicted octanol–water partition coefficient (Wildman–Crippen LogP) is 1.50. The zero-order valence-electron chi connectivity index (χ0n) is 7.95. The third-order valence-corrected chi connectivity index (χ3v) is 2.23. The van der Waals surface area contributed by atoms with Gasteiger partial charge in [0.1, 0.15) is 0 Å². The van der Waals surface area contributed by atoms with Gasteiger partial charge in [-0.15, -0.1) is 0 Å². The van der Waals surface area contributed by atoms with E-state index in [-0.39, 0.29) is 5.92 Å². The van der Waals surface area contributed by atoms with Crippen LogP contribution in [-0.2, 0) is 4.79 Å². The summed E-state index contributed by atoms with van der Waals surface area (Å²) in [6.45, 7) is 5.45. The number of carboxylic acid groups (broad SMARTS) is 1. The SMILES string of the molecule is CCC[C@H](C)[C@@H](O)[C@@H](C)C(=O)O. The first-order valence-corrected chi connectivity index (χ1v) is 4.41. The molecule has 3 atom stereocenters. The van der Waals surface area contributed by atoms with Crippen LogP contribution in [0.1, 0.15) is 33.6 Å². The largest absolute Gasteiger partial charge is 0.481 e. The van der Waals surface area contributed by atoms with Gasteiger partial charge < -0.3 is 10.2 Å². The lowest BCUT2D eigenvalue weighted by Crippen LogP contribution is -2.31. The Labute approximate surface area is 73.4 Å². The third kappa shape index (κ3) is 3.22. The summed E-state index contributed by atoms with van der Waals surface area (Å²) < 4.78 is 0. The van der Waals surface area contributed by atoms with Crippen LogP contribution in [-0.4, -0.2) is 22.3 Å². The smallest absolute Gasteiger partial charge is 0.308 e. The van der Waals surface area contributed by atoms with Crippen molar-refractivity contribution in [2.45, 2.75) is 39.7 Å². The lowest BCUT2D eigenvalue weighted by molar-refractivity contribution is -0.146. The molecular formula is C9H18O3. The lowest BCUT2D eigenvalue weighted by atomic mass is 9.90. The minimum absolute atomic E-state index is 0.0705. The Balaban J connectivity index is 3.99. The zero-order valence-corrected chi connectivity index (χ0v) is 7.95. The fourth-order valence-corrected chi connectivity index (χ4v) is 1.26. The van der Waals surface area contributed by atoms with E-state index in [4.69, 9.17) is 5.11 Å². The molecular weight excluding hydrogens is 156 g/mol. The molecule has 0 spiro atoms. The standard InChI is InChI=1S/C9H18O3/c1-4-5-6(2)8(10)7(3)9(11)12/h6-8,10H,4-5H2,1-3H3,(H,11,12)/t6-,7+,8+/m0/s1. The molecule has 0 unspecified atom stereocenters. The summed E-state index contributed by atoms with van der Waals surface area (Å²) in [6.07, 6.45) is 1.13. The molecule has 0 aliphatic heterocycles. The van der Waals surface area contributed by atoms with Crippen LogP contribution in [0.3, 0.4) is 0 Å². The molecule has 3 heteroatoms. The van der Waals surface area contributed by atoms with Crippen molar-refractivity contribution in [1.29, 1.82) is 0 Å². The summed E-state index contributed by atoms with van der Waals surface area (Å²) in [5.74, 6) is -1.52. The zero-order chi connectivity index (χ0) is 9.72. The van der Waals surface area contributed by atoms with Crippen LogP contribution in [0, 0.1) is 11.8 Å². The molecule has 12 heavy (non-hydrogen) atoms. The molecule has 2 N–H and O–H groups in total. The van der Waals surface area contributed by atoms with Gasteiger partial charge in [0.25, 0.3) is 0 Å². The Morgan fingerprint density at radius 1 is 1.42 bits per heavy atom. The lowest BCUT2D eigenvalue weighted by Gasteiger charge is -2.21. The number of hydrogen-bond acceptors (Lipinski definition) is 2. The molecule has 0 aromatic carbocycles. The molecule has 0 fully saturated rings. The van der Waals surface area contributed by atoms with E-state index in [0.29, 0.717) is 0 Å². The van der Waals surface area contributed by atoms with Gasteiger partial charge >= 0.3 is 5.97 Å². The van der Waals surface area contributed by atoms with Crippen molar-refractivity contribution in [2.75, 3.05) is 0 Å². The van der Waals surface area contributed by atoms with Crippen LogP contribution >= 0.6 is 0 Å². The van der Waals surface area contributed by atoms with Crippen LogP contribution in [0.2, 0.25) is 0 Å². The number of hydrogen-bond donors (Lipinski definition) is 2. The number of carbonyl (C=O) groups is 1. The fourth-order valence-electron chi connectivity index (χ4n) is 1.26. The number of rotatable bonds is 5. The molecule has 0 aliphatic carbocycles. The van der Waals surface area contributed by atoms with E-state index in [1.165, 1.54) is 0 Å². The summed E-state index contributed by atoms with van der Waals surface area (Å²) >= 11 is 0. The molecule has 0 bridgehead atoms. The second-order valence-corrected chi connectivity index (χ2v) is 3.38. The summed E-state index contributed by atoms with van der Waals surface area (Å²) in [4.78, 5) is 10.5. The van der Waals surface area contributed by atoms with Crippen molar-refractivity contribution in [3.63, 3.8) is 0 Å². The fraction of sp³-hybridized carbons (Fsp3) is 0.889. The van der Waals surface area contributed by atoms with Crippen molar-refractivity contribution >= 4 is 5.97 Å². The van der Waals surface area contributed by atoms with Crippen LogP contribution < -0.4 is 0 Å². The molecule has 0 aromatic rings. The second-order valence-electron chi connectivity index (χ2n) is 3.38. The van der Waals surface area contributed by atoms with Crippen molar-refractivity contribution in [3.05, 3.63) is 0 Å². The average Bonchev–Trinajstić information content (AvgIpc) is 2.02. The van der Waals surface area contributed by atoms with E-state index in [0.717, 1.165) is 12.8 Å². The van der Waals surface area contributed by atoms with E-state index in [2.05, 4.69) is 0 Å². The Morgan fingerprint density at radius 2 is 1.92 bits per heavy atom.